The number of hydrogen-bond donors (Lipinski definition) is 0. The molecule has 0 saturated carbocycles. The molecule has 0 aliphatic carbocycles. The molecule has 1 aromatic heterocycles. The summed E-state index contributed by atoms with van der Waals surface area (Å²) in [5, 5.41) is -0.0622. The fourth-order valence-corrected chi connectivity index (χ4v) is 0.894. The van der Waals surface area contributed by atoms with Gasteiger partial charge in [-0.2, -0.15) is 22.0 Å². The zero-order valence-electron chi connectivity index (χ0n) is 7.56. The first kappa shape index (κ1) is 13.0. The molecule has 16 heavy (non-hydrogen) atoms. The van der Waals surface area contributed by atoms with Crippen molar-refractivity contribution >= 4 is 11.6 Å². The molecule has 2 nitrogen and oxygen atoms in total. The molecule has 0 atom stereocenters. The van der Waals surface area contributed by atoms with Crippen molar-refractivity contribution in [3.05, 3.63) is 23.5 Å². The van der Waals surface area contributed by atoms with Crippen LogP contribution in [0.25, 0.3) is 0 Å². The van der Waals surface area contributed by atoms with E-state index in [2.05, 4.69) is 9.72 Å². The van der Waals surface area contributed by atoms with Gasteiger partial charge in [-0.25, -0.2) is 4.98 Å². The quantitative estimate of drug-likeness (QED) is 0.615. The molecule has 0 unspecified atom stereocenters. The van der Waals surface area contributed by atoms with E-state index in [0.29, 0.717) is 0 Å². The highest BCUT2D eigenvalue weighted by Crippen LogP contribution is 2.35. The maximum atomic E-state index is 12.4. The van der Waals surface area contributed by atoms with Gasteiger partial charge in [-0.15, -0.1) is 0 Å². The molecule has 0 aliphatic rings. The van der Waals surface area contributed by atoms with Gasteiger partial charge in [-0.05, 0) is 6.07 Å². The molecule has 0 aliphatic heterocycles. The van der Waals surface area contributed by atoms with Gasteiger partial charge in [-0.3, -0.25) is 0 Å². The van der Waals surface area contributed by atoms with E-state index in [1.54, 1.807) is 0 Å². The molecule has 1 aromatic rings. The standard InChI is InChI=1S/C8H5ClF5NO/c9-6-3-5(1-2-15-6)16-4-7(10,11)8(12,13)14/h1-3H,4H2. The molecule has 0 N–H and O–H groups in total. The molecule has 0 aromatic carbocycles. The summed E-state index contributed by atoms with van der Waals surface area (Å²) in [6.45, 7) is -1.79. The average molecular weight is 262 g/mol. The minimum Gasteiger partial charge on any atom is -0.487 e. The highest BCUT2D eigenvalue weighted by Gasteiger charge is 2.58. The van der Waals surface area contributed by atoms with Gasteiger partial charge in [0.15, 0.2) is 6.61 Å². The third-order valence-corrected chi connectivity index (χ3v) is 1.74. The van der Waals surface area contributed by atoms with Gasteiger partial charge in [0, 0.05) is 12.3 Å². The summed E-state index contributed by atoms with van der Waals surface area (Å²) >= 11 is 5.38. The Morgan fingerprint density at radius 1 is 1.25 bits per heavy atom. The molecular formula is C8H5ClF5NO. The first-order valence-electron chi connectivity index (χ1n) is 3.91. The second kappa shape index (κ2) is 4.40. The molecule has 0 saturated heterocycles. The van der Waals surface area contributed by atoms with Gasteiger partial charge in [-0.1, -0.05) is 11.6 Å². The first-order chi connectivity index (χ1) is 7.22. The van der Waals surface area contributed by atoms with Crippen LogP contribution in [0.1, 0.15) is 0 Å². The second-order valence-corrected chi connectivity index (χ2v) is 3.19. The normalized spacial score (nSPS) is 12.6. The van der Waals surface area contributed by atoms with Crippen LogP contribution < -0.4 is 4.74 Å². The molecule has 0 fully saturated rings. The molecule has 1 heterocycles. The van der Waals surface area contributed by atoms with E-state index in [4.69, 9.17) is 11.6 Å². The summed E-state index contributed by atoms with van der Waals surface area (Å²) in [6, 6.07) is 2.16. The minimum atomic E-state index is -5.64. The van der Waals surface area contributed by atoms with Crippen LogP contribution in [-0.2, 0) is 0 Å². The van der Waals surface area contributed by atoms with E-state index in [1.807, 2.05) is 0 Å². The molecule has 0 spiro atoms. The van der Waals surface area contributed by atoms with E-state index in [9.17, 15) is 22.0 Å². The summed E-state index contributed by atoms with van der Waals surface area (Å²) in [6.07, 6.45) is -4.51. The number of rotatable bonds is 3. The molecular weight excluding hydrogens is 257 g/mol. The zero-order valence-corrected chi connectivity index (χ0v) is 8.32. The third-order valence-electron chi connectivity index (χ3n) is 1.53. The van der Waals surface area contributed by atoms with Gasteiger partial charge in [0.05, 0.1) is 0 Å². The van der Waals surface area contributed by atoms with Gasteiger partial charge in [0.2, 0.25) is 0 Å². The molecule has 0 amide bonds. The Bertz CT molecular complexity index is 368. The monoisotopic (exact) mass is 261 g/mol. The smallest absolute Gasteiger partial charge is 0.456 e. The van der Waals surface area contributed by atoms with Crippen molar-refractivity contribution in [2.75, 3.05) is 6.61 Å². The maximum Gasteiger partial charge on any atom is 0.456 e. The Labute approximate surface area is 92.0 Å². The van der Waals surface area contributed by atoms with Gasteiger partial charge >= 0.3 is 12.1 Å². The maximum absolute atomic E-state index is 12.4. The molecule has 1 rings (SSSR count). The Morgan fingerprint density at radius 2 is 1.88 bits per heavy atom. The van der Waals surface area contributed by atoms with Gasteiger partial charge in [0.25, 0.3) is 0 Å². The summed E-state index contributed by atoms with van der Waals surface area (Å²) in [4.78, 5) is 3.51. The number of alkyl halides is 5. The van der Waals surface area contributed by atoms with E-state index < -0.39 is 18.7 Å². The van der Waals surface area contributed by atoms with Crippen molar-refractivity contribution in [3.8, 4) is 5.75 Å². The lowest BCUT2D eigenvalue weighted by Crippen LogP contribution is -2.41. The zero-order chi connectivity index (χ0) is 12.4. The van der Waals surface area contributed by atoms with Crippen LogP contribution in [0, 0.1) is 0 Å². The Hall–Kier alpha value is -1.11. The molecule has 0 bridgehead atoms. The van der Waals surface area contributed by atoms with Crippen LogP contribution in [0.15, 0.2) is 18.3 Å². The van der Waals surface area contributed by atoms with Crippen molar-refractivity contribution in [1.29, 1.82) is 0 Å². The lowest BCUT2D eigenvalue weighted by molar-refractivity contribution is -0.290. The van der Waals surface area contributed by atoms with E-state index in [1.165, 1.54) is 0 Å². The van der Waals surface area contributed by atoms with Crippen LogP contribution in [0.2, 0.25) is 5.15 Å². The predicted octanol–water partition coefficient (Wildman–Crippen LogP) is 3.31. The fraction of sp³-hybridized carbons (Fsp3) is 0.375. The van der Waals surface area contributed by atoms with Crippen molar-refractivity contribution in [3.63, 3.8) is 0 Å². The fourth-order valence-electron chi connectivity index (χ4n) is 0.730. The van der Waals surface area contributed by atoms with Crippen LogP contribution >= 0.6 is 11.6 Å². The summed E-state index contributed by atoms with van der Waals surface area (Å²) in [5.41, 5.74) is 0. The van der Waals surface area contributed by atoms with Crippen LogP contribution in [-0.4, -0.2) is 23.7 Å². The minimum absolute atomic E-state index is 0.0622. The number of hydrogen-bond acceptors (Lipinski definition) is 2. The Morgan fingerprint density at radius 3 is 2.38 bits per heavy atom. The van der Waals surface area contributed by atoms with Crippen LogP contribution in [0.5, 0.6) is 5.75 Å². The number of halogens is 6. The SMILES string of the molecule is FC(F)(F)C(F)(F)COc1ccnc(Cl)c1. The first-order valence-corrected chi connectivity index (χ1v) is 4.29. The summed E-state index contributed by atoms with van der Waals surface area (Å²) < 4.78 is 64.4. The Kier molecular flexibility index (Phi) is 3.57. The second-order valence-electron chi connectivity index (χ2n) is 2.81. The molecule has 8 heteroatoms. The molecule has 0 radical (unpaired) electrons. The van der Waals surface area contributed by atoms with Crippen molar-refractivity contribution in [2.24, 2.45) is 0 Å². The lowest BCUT2D eigenvalue weighted by Gasteiger charge is -2.19. The van der Waals surface area contributed by atoms with E-state index >= 15 is 0 Å². The molecule has 90 valence electrons. The summed E-state index contributed by atoms with van der Waals surface area (Å²) in [5.74, 6) is -5.10. The van der Waals surface area contributed by atoms with Gasteiger partial charge < -0.3 is 4.74 Å². The predicted molar refractivity (Wildman–Crippen MR) is 45.7 cm³/mol. The third kappa shape index (κ3) is 3.19. The number of pyridine rings is 1. The Balaban J connectivity index is 2.65. The average Bonchev–Trinajstić information content (AvgIpc) is 2.13. The lowest BCUT2D eigenvalue weighted by atomic mass is 10.3. The van der Waals surface area contributed by atoms with Crippen LogP contribution in [0.3, 0.4) is 0 Å². The van der Waals surface area contributed by atoms with Gasteiger partial charge in [0.1, 0.15) is 10.9 Å². The van der Waals surface area contributed by atoms with Crippen molar-refractivity contribution < 1.29 is 26.7 Å². The highest BCUT2D eigenvalue weighted by atomic mass is 35.5. The van der Waals surface area contributed by atoms with Crippen LogP contribution in [0.4, 0.5) is 22.0 Å². The number of aromatic nitrogens is 1. The summed E-state index contributed by atoms with van der Waals surface area (Å²) in [7, 11) is 0. The van der Waals surface area contributed by atoms with Crippen molar-refractivity contribution in [2.45, 2.75) is 12.1 Å². The number of ether oxygens (including phenoxy) is 1. The van der Waals surface area contributed by atoms with Crippen molar-refractivity contribution in [1.82, 2.24) is 4.98 Å². The van der Waals surface area contributed by atoms with E-state index in [-0.39, 0.29) is 10.9 Å². The highest BCUT2D eigenvalue weighted by molar-refractivity contribution is 6.29. The number of nitrogens with zero attached hydrogens (tertiary/aromatic N) is 1. The topological polar surface area (TPSA) is 22.1 Å². The van der Waals surface area contributed by atoms with E-state index in [0.717, 1.165) is 18.3 Å². The largest absolute Gasteiger partial charge is 0.487 e.